The van der Waals surface area contributed by atoms with Crippen molar-refractivity contribution in [3.63, 3.8) is 0 Å². The number of piperidine rings is 1. The van der Waals surface area contributed by atoms with Crippen molar-refractivity contribution in [3.05, 3.63) is 71.0 Å². The minimum absolute atomic E-state index is 0.315. The fourth-order valence-corrected chi connectivity index (χ4v) is 4.56. The molecule has 4 heterocycles. The molecule has 1 fully saturated rings. The molecule has 0 radical (unpaired) electrons. The van der Waals surface area contributed by atoms with Crippen molar-refractivity contribution in [3.8, 4) is 5.75 Å². The van der Waals surface area contributed by atoms with Gasteiger partial charge in [-0.2, -0.15) is 14.1 Å². The Kier molecular flexibility index (Phi) is 5.48. The van der Waals surface area contributed by atoms with Gasteiger partial charge < -0.3 is 9.64 Å². The van der Waals surface area contributed by atoms with Crippen LogP contribution >= 0.6 is 11.3 Å². The van der Waals surface area contributed by atoms with Crippen LogP contribution in [0.5, 0.6) is 5.75 Å². The van der Waals surface area contributed by atoms with Gasteiger partial charge in [-0.3, -0.25) is 0 Å². The molecular formula is C20H19FN8OS. The summed E-state index contributed by atoms with van der Waals surface area (Å²) in [5.74, 6) is 0.952. The lowest BCUT2D eigenvalue weighted by Gasteiger charge is -2.31. The molecule has 1 aliphatic rings. The Balaban J connectivity index is 1.30. The number of aromatic nitrogens is 7. The third-order valence-corrected chi connectivity index (χ3v) is 6.15. The molecule has 0 spiro atoms. The molecule has 1 atom stereocenters. The maximum Gasteiger partial charge on any atom is 0.238 e. The van der Waals surface area contributed by atoms with Gasteiger partial charge in [-0.05, 0) is 35.4 Å². The van der Waals surface area contributed by atoms with Crippen LogP contribution in [0.25, 0.3) is 0 Å². The van der Waals surface area contributed by atoms with E-state index in [1.807, 2.05) is 40.6 Å². The summed E-state index contributed by atoms with van der Waals surface area (Å²) < 4.78 is 21.1. The molecule has 0 saturated carbocycles. The molecule has 31 heavy (non-hydrogen) atoms. The van der Waals surface area contributed by atoms with Crippen LogP contribution in [0.15, 0.2) is 54.3 Å². The first-order chi connectivity index (χ1) is 15.3. The van der Waals surface area contributed by atoms with E-state index in [0.29, 0.717) is 17.6 Å². The third kappa shape index (κ3) is 4.36. The van der Waals surface area contributed by atoms with Crippen molar-refractivity contribution in [2.75, 3.05) is 18.0 Å². The first-order valence-electron chi connectivity index (χ1n) is 9.89. The van der Waals surface area contributed by atoms with Crippen LogP contribution in [0.1, 0.15) is 35.7 Å². The SMILES string of the molecule is Fc1ccnc(N2CCC(c3nc(C(Oc4ccccc4)n4cnnn4)cs3)CC2)n1. The molecule has 1 saturated heterocycles. The molecular weight excluding hydrogens is 419 g/mol. The summed E-state index contributed by atoms with van der Waals surface area (Å²) in [7, 11) is 0. The number of thiazole rings is 1. The second-order valence-electron chi connectivity index (χ2n) is 7.12. The molecule has 0 N–H and O–H groups in total. The molecule has 1 aromatic carbocycles. The molecule has 0 bridgehead atoms. The maximum absolute atomic E-state index is 13.4. The van der Waals surface area contributed by atoms with Gasteiger partial charge in [0.25, 0.3) is 0 Å². The van der Waals surface area contributed by atoms with Crippen molar-refractivity contribution >= 4 is 17.3 Å². The Morgan fingerprint density at radius 3 is 2.68 bits per heavy atom. The van der Waals surface area contributed by atoms with E-state index in [9.17, 15) is 4.39 Å². The Morgan fingerprint density at radius 1 is 1.10 bits per heavy atom. The van der Waals surface area contributed by atoms with E-state index in [2.05, 4.69) is 25.5 Å². The summed E-state index contributed by atoms with van der Waals surface area (Å²) in [5, 5.41) is 14.5. The molecule has 5 rings (SSSR count). The van der Waals surface area contributed by atoms with Crippen molar-refractivity contribution in [1.82, 2.24) is 35.2 Å². The van der Waals surface area contributed by atoms with Crippen LogP contribution in [0.3, 0.4) is 0 Å². The second kappa shape index (κ2) is 8.72. The fraction of sp³-hybridized carbons (Fsp3) is 0.300. The summed E-state index contributed by atoms with van der Waals surface area (Å²) in [6.07, 6.45) is 4.19. The number of para-hydroxylation sites is 1. The van der Waals surface area contributed by atoms with Crippen LogP contribution in [0, 0.1) is 5.95 Å². The predicted molar refractivity (Wildman–Crippen MR) is 111 cm³/mol. The van der Waals surface area contributed by atoms with Crippen molar-refractivity contribution in [2.24, 2.45) is 0 Å². The van der Waals surface area contributed by atoms with E-state index in [-0.39, 0.29) is 0 Å². The molecule has 4 aromatic rings. The smallest absolute Gasteiger partial charge is 0.238 e. The van der Waals surface area contributed by atoms with Gasteiger partial charge in [0.05, 0.1) is 5.01 Å². The molecule has 11 heteroatoms. The minimum atomic E-state index is -0.553. The van der Waals surface area contributed by atoms with E-state index in [4.69, 9.17) is 9.72 Å². The van der Waals surface area contributed by atoms with E-state index in [0.717, 1.165) is 36.6 Å². The average molecular weight is 438 g/mol. The number of halogens is 1. The standard InChI is InChI=1S/C20H19FN8OS/c21-17-6-9-22-20(25-17)28-10-7-14(8-11-28)18-24-16(12-31-18)19(29-13-23-26-27-29)30-15-4-2-1-3-5-15/h1-6,9,12-14,19H,7-8,10-11H2. The summed E-state index contributed by atoms with van der Waals surface area (Å²) in [6.45, 7) is 1.50. The number of ether oxygens (including phenoxy) is 1. The van der Waals surface area contributed by atoms with Gasteiger partial charge in [0.2, 0.25) is 18.1 Å². The molecule has 0 aliphatic carbocycles. The first-order valence-corrected chi connectivity index (χ1v) is 10.8. The Morgan fingerprint density at radius 2 is 1.94 bits per heavy atom. The highest BCUT2D eigenvalue weighted by atomic mass is 32.1. The molecule has 3 aromatic heterocycles. The van der Waals surface area contributed by atoms with Crippen LogP contribution in [-0.4, -0.2) is 48.2 Å². The molecule has 1 aliphatic heterocycles. The largest absolute Gasteiger partial charge is 0.463 e. The summed E-state index contributed by atoms with van der Waals surface area (Å²) in [6, 6.07) is 10.8. The number of tetrazole rings is 1. The predicted octanol–water partition coefficient (Wildman–Crippen LogP) is 3.07. The molecule has 9 nitrogen and oxygen atoms in total. The highest BCUT2D eigenvalue weighted by Gasteiger charge is 2.27. The number of nitrogens with zero attached hydrogens (tertiary/aromatic N) is 8. The van der Waals surface area contributed by atoms with Crippen LogP contribution in [0.4, 0.5) is 10.3 Å². The highest BCUT2D eigenvalue weighted by Crippen LogP contribution is 2.33. The molecule has 1 unspecified atom stereocenters. The van der Waals surface area contributed by atoms with E-state index in [1.165, 1.54) is 18.6 Å². The van der Waals surface area contributed by atoms with Gasteiger partial charge in [-0.1, -0.05) is 18.2 Å². The lowest BCUT2D eigenvalue weighted by molar-refractivity contribution is 0.152. The normalized spacial score (nSPS) is 15.7. The maximum atomic E-state index is 13.4. The van der Waals surface area contributed by atoms with Crippen molar-refractivity contribution in [1.29, 1.82) is 0 Å². The van der Waals surface area contributed by atoms with Crippen LogP contribution in [-0.2, 0) is 0 Å². The number of benzene rings is 1. The Hall–Kier alpha value is -3.47. The van der Waals surface area contributed by atoms with Crippen LogP contribution < -0.4 is 9.64 Å². The second-order valence-corrected chi connectivity index (χ2v) is 8.01. The van der Waals surface area contributed by atoms with Gasteiger partial charge in [0.15, 0.2) is 0 Å². The minimum Gasteiger partial charge on any atom is -0.463 e. The van der Waals surface area contributed by atoms with Crippen molar-refractivity contribution in [2.45, 2.75) is 25.0 Å². The van der Waals surface area contributed by atoms with Crippen molar-refractivity contribution < 1.29 is 9.13 Å². The summed E-state index contributed by atoms with van der Waals surface area (Å²) in [4.78, 5) is 14.9. The topological polar surface area (TPSA) is 94.7 Å². The summed E-state index contributed by atoms with van der Waals surface area (Å²) >= 11 is 1.61. The summed E-state index contributed by atoms with van der Waals surface area (Å²) in [5.41, 5.74) is 0.757. The van der Waals surface area contributed by atoms with E-state index >= 15 is 0 Å². The van der Waals surface area contributed by atoms with Gasteiger partial charge in [-0.25, -0.2) is 9.97 Å². The van der Waals surface area contributed by atoms with Crippen LogP contribution in [0.2, 0.25) is 0 Å². The lowest BCUT2D eigenvalue weighted by atomic mass is 9.98. The van der Waals surface area contributed by atoms with Gasteiger partial charge in [0.1, 0.15) is 17.8 Å². The zero-order valence-electron chi connectivity index (χ0n) is 16.5. The quantitative estimate of drug-likeness (QED) is 0.424. The number of hydrogen-bond donors (Lipinski definition) is 0. The Bertz CT molecular complexity index is 1120. The van der Waals surface area contributed by atoms with E-state index in [1.54, 1.807) is 16.0 Å². The Labute approximate surface area is 181 Å². The van der Waals surface area contributed by atoms with Gasteiger partial charge in [-0.15, -0.1) is 16.4 Å². The average Bonchev–Trinajstić information content (AvgIpc) is 3.51. The van der Waals surface area contributed by atoms with Gasteiger partial charge >= 0.3 is 0 Å². The highest BCUT2D eigenvalue weighted by molar-refractivity contribution is 7.09. The van der Waals surface area contributed by atoms with Gasteiger partial charge in [0, 0.05) is 36.7 Å². The number of anilines is 1. The lowest BCUT2D eigenvalue weighted by Crippen LogP contribution is -2.34. The fourth-order valence-electron chi connectivity index (χ4n) is 3.56. The first kappa shape index (κ1) is 19.5. The van der Waals surface area contributed by atoms with E-state index < -0.39 is 12.2 Å². The molecule has 158 valence electrons. The zero-order chi connectivity index (χ0) is 21.0. The number of rotatable bonds is 6. The molecule has 0 amide bonds. The number of hydrogen-bond acceptors (Lipinski definition) is 9. The zero-order valence-corrected chi connectivity index (χ0v) is 17.3. The third-order valence-electron chi connectivity index (χ3n) is 5.12. The monoisotopic (exact) mass is 438 g/mol.